The van der Waals surface area contributed by atoms with Gasteiger partial charge in [0.25, 0.3) is 0 Å². The minimum Gasteiger partial charge on any atom is -0.493 e. The molecular weight excluding hydrogens is 338 g/mol. The number of aliphatic hydroxyl groups is 1. The first kappa shape index (κ1) is 18.2. The first-order chi connectivity index (χ1) is 10.2. The van der Waals surface area contributed by atoms with Crippen LogP contribution >= 0.6 is 15.9 Å². The second-order valence-electron chi connectivity index (χ2n) is 4.47. The fraction of sp³-hybridized carbons (Fsp3) is 0.600. The van der Waals surface area contributed by atoms with Crippen LogP contribution in [0.1, 0.15) is 18.9 Å². The summed E-state index contributed by atoms with van der Waals surface area (Å²) in [6.45, 7) is 5.09. The molecular formula is C15H24BrNO4. The predicted molar refractivity (Wildman–Crippen MR) is 86.1 cm³/mol. The summed E-state index contributed by atoms with van der Waals surface area (Å²) < 4.78 is 17.1. The molecule has 2 N–H and O–H groups in total. The number of nitrogens with one attached hydrogen (secondary N) is 1. The molecule has 120 valence electrons. The molecule has 0 saturated carbocycles. The van der Waals surface area contributed by atoms with Crippen molar-refractivity contribution in [3.05, 3.63) is 22.2 Å². The van der Waals surface area contributed by atoms with Crippen molar-refractivity contribution in [3.8, 4) is 11.5 Å². The van der Waals surface area contributed by atoms with E-state index < -0.39 is 0 Å². The van der Waals surface area contributed by atoms with Crippen molar-refractivity contribution >= 4 is 15.9 Å². The zero-order chi connectivity index (χ0) is 15.5. The number of methoxy groups -OCH3 is 1. The maximum absolute atomic E-state index is 8.63. The van der Waals surface area contributed by atoms with E-state index in [0.717, 1.165) is 29.5 Å². The van der Waals surface area contributed by atoms with E-state index in [4.69, 9.17) is 19.3 Å². The molecule has 0 aliphatic rings. The van der Waals surface area contributed by atoms with E-state index in [-0.39, 0.29) is 6.61 Å². The zero-order valence-electron chi connectivity index (χ0n) is 12.7. The van der Waals surface area contributed by atoms with Crippen LogP contribution in [0, 0.1) is 0 Å². The summed E-state index contributed by atoms with van der Waals surface area (Å²) in [5.41, 5.74) is 1.14. The number of aliphatic hydroxyl groups excluding tert-OH is 1. The molecule has 21 heavy (non-hydrogen) atoms. The van der Waals surface area contributed by atoms with E-state index in [1.54, 1.807) is 7.11 Å². The third-order valence-corrected chi connectivity index (χ3v) is 3.34. The summed E-state index contributed by atoms with van der Waals surface area (Å²) in [4.78, 5) is 0. The Labute approximate surface area is 134 Å². The highest BCUT2D eigenvalue weighted by atomic mass is 79.9. The Morgan fingerprint density at radius 3 is 2.71 bits per heavy atom. The Morgan fingerprint density at radius 2 is 2.05 bits per heavy atom. The lowest BCUT2D eigenvalue weighted by atomic mass is 10.2. The van der Waals surface area contributed by atoms with Gasteiger partial charge >= 0.3 is 0 Å². The van der Waals surface area contributed by atoms with Crippen LogP contribution in [0.25, 0.3) is 0 Å². The third-order valence-electron chi connectivity index (χ3n) is 2.75. The smallest absolute Gasteiger partial charge is 0.175 e. The molecule has 0 aliphatic carbocycles. The molecule has 0 unspecified atom stereocenters. The molecule has 0 aliphatic heterocycles. The maximum Gasteiger partial charge on any atom is 0.175 e. The summed E-state index contributed by atoms with van der Waals surface area (Å²) >= 11 is 3.52. The first-order valence-electron chi connectivity index (χ1n) is 7.11. The van der Waals surface area contributed by atoms with E-state index in [1.807, 2.05) is 12.1 Å². The number of hydrogen-bond donors (Lipinski definition) is 2. The van der Waals surface area contributed by atoms with Crippen molar-refractivity contribution < 1.29 is 19.3 Å². The molecule has 0 aromatic heterocycles. The number of halogens is 1. The number of ether oxygens (including phenoxy) is 3. The Bertz CT molecular complexity index is 415. The Morgan fingerprint density at radius 1 is 1.24 bits per heavy atom. The van der Waals surface area contributed by atoms with Crippen LogP contribution in [0.4, 0.5) is 0 Å². The van der Waals surface area contributed by atoms with Crippen molar-refractivity contribution in [3.63, 3.8) is 0 Å². The molecule has 1 aromatic carbocycles. The summed E-state index contributed by atoms with van der Waals surface area (Å²) in [6, 6.07) is 3.99. The van der Waals surface area contributed by atoms with Crippen LogP contribution in [-0.4, -0.2) is 45.2 Å². The average molecular weight is 362 g/mol. The molecule has 0 amide bonds. The molecule has 0 bridgehead atoms. The first-order valence-corrected chi connectivity index (χ1v) is 7.90. The molecule has 1 rings (SSSR count). The second kappa shape index (κ2) is 10.8. The molecule has 0 heterocycles. The lowest BCUT2D eigenvalue weighted by molar-refractivity contribution is 0.0697. The molecule has 5 nitrogen and oxygen atoms in total. The van der Waals surface area contributed by atoms with Gasteiger partial charge in [0.05, 0.1) is 31.4 Å². The highest BCUT2D eigenvalue weighted by molar-refractivity contribution is 9.10. The molecule has 6 heteroatoms. The average Bonchev–Trinajstić information content (AvgIpc) is 2.48. The van der Waals surface area contributed by atoms with Gasteiger partial charge in [-0.1, -0.05) is 6.92 Å². The second-order valence-corrected chi connectivity index (χ2v) is 5.32. The van der Waals surface area contributed by atoms with Gasteiger partial charge in [0, 0.05) is 6.54 Å². The van der Waals surface area contributed by atoms with Crippen molar-refractivity contribution in [2.75, 3.05) is 40.1 Å². The minimum absolute atomic E-state index is 0.0203. The van der Waals surface area contributed by atoms with Gasteiger partial charge in [-0.25, -0.2) is 0 Å². The highest BCUT2D eigenvalue weighted by Gasteiger charge is 2.11. The van der Waals surface area contributed by atoms with Gasteiger partial charge in [-0.05, 0) is 46.6 Å². The topological polar surface area (TPSA) is 60.0 Å². The van der Waals surface area contributed by atoms with Crippen LogP contribution < -0.4 is 14.8 Å². The van der Waals surface area contributed by atoms with E-state index in [2.05, 4.69) is 28.2 Å². The standard InChI is InChI=1S/C15H24BrNO4/c1-3-4-17-11-12-9-13(16)15(14(10-12)19-2)21-8-7-20-6-5-18/h9-10,17-18H,3-8,11H2,1-2H3. The Balaban J connectivity index is 2.61. The van der Waals surface area contributed by atoms with Gasteiger partial charge < -0.3 is 24.6 Å². The molecule has 1 aromatic rings. The largest absolute Gasteiger partial charge is 0.493 e. The van der Waals surface area contributed by atoms with Gasteiger partial charge in [-0.15, -0.1) is 0 Å². The van der Waals surface area contributed by atoms with Crippen LogP contribution in [-0.2, 0) is 11.3 Å². The summed E-state index contributed by atoms with van der Waals surface area (Å²) in [6.07, 6.45) is 1.10. The maximum atomic E-state index is 8.63. The fourth-order valence-corrected chi connectivity index (χ4v) is 2.40. The van der Waals surface area contributed by atoms with Crippen LogP contribution in [0.3, 0.4) is 0 Å². The van der Waals surface area contributed by atoms with Crippen molar-refractivity contribution in [2.45, 2.75) is 19.9 Å². The number of hydrogen-bond acceptors (Lipinski definition) is 5. The van der Waals surface area contributed by atoms with Gasteiger partial charge in [0.15, 0.2) is 11.5 Å². The van der Waals surface area contributed by atoms with Crippen molar-refractivity contribution in [2.24, 2.45) is 0 Å². The van der Waals surface area contributed by atoms with Crippen molar-refractivity contribution in [1.29, 1.82) is 0 Å². The molecule has 0 atom stereocenters. The minimum atomic E-state index is 0.0203. The number of benzene rings is 1. The van der Waals surface area contributed by atoms with Crippen LogP contribution in [0.5, 0.6) is 11.5 Å². The van der Waals surface area contributed by atoms with Gasteiger partial charge in [0.1, 0.15) is 6.61 Å². The van der Waals surface area contributed by atoms with E-state index in [0.29, 0.717) is 31.3 Å². The summed E-state index contributed by atoms with van der Waals surface area (Å²) in [5.74, 6) is 1.36. The zero-order valence-corrected chi connectivity index (χ0v) is 14.2. The molecule has 0 fully saturated rings. The lowest BCUT2D eigenvalue weighted by Gasteiger charge is -2.14. The SMILES string of the molecule is CCCNCc1cc(Br)c(OCCOCCO)c(OC)c1. The van der Waals surface area contributed by atoms with E-state index in [1.165, 1.54) is 0 Å². The van der Waals surface area contributed by atoms with E-state index in [9.17, 15) is 0 Å². The summed E-state index contributed by atoms with van der Waals surface area (Å²) in [5, 5.41) is 12.0. The highest BCUT2D eigenvalue weighted by Crippen LogP contribution is 2.36. The monoisotopic (exact) mass is 361 g/mol. The lowest BCUT2D eigenvalue weighted by Crippen LogP contribution is -2.14. The molecule has 0 saturated heterocycles. The normalized spacial score (nSPS) is 10.7. The molecule has 0 spiro atoms. The van der Waals surface area contributed by atoms with Crippen molar-refractivity contribution in [1.82, 2.24) is 5.32 Å². The van der Waals surface area contributed by atoms with Gasteiger partial charge in [0.2, 0.25) is 0 Å². The summed E-state index contributed by atoms with van der Waals surface area (Å²) in [7, 11) is 1.63. The number of rotatable bonds is 11. The quantitative estimate of drug-likeness (QED) is 0.592. The van der Waals surface area contributed by atoms with Gasteiger partial charge in [-0.2, -0.15) is 0 Å². The molecule has 0 radical (unpaired) electrons. The Kier molecular flexibility index (Phi) is 9.41. The Hall–Kier alpha value is -0.820. The van der Waals surface area contributed by atoms with Crippen LogP contribution in [0.15, 0.2) is 16.6 Å². The van der Waals surface area contributed by atoms with E-state index >= 15 is 0 Å². The fourth-order valence-electron chi connectivity index (χ4n) is 1.79. The third kappa shape index (κ3) is 6.65. The van der Waals surface area contributed by atoms with Gasteiger partial charge in [-0.3, -0.25) is 0 Å². The van der Waals surface area contributed by atoms with Crippen LogP contribution in [0.2, 0.25) is 0 Å². The predicted octanol–water partition coefficient (Wildman–Crippen LogP) is 2.34.